The normalized spacial score (nSPS) is 15.7. The zero-order chi connectivity index (χ0) is 22.2. The fraction of sp³-hybridized carbons (Fsp3) is 0.250. The number of carbonyl (C=O) groups excluding carboxylic acids is 1. The van der Waals surface area contributed by atoms with E-state index in [1.54, 1.807) is 17.3 Å². The molecule has 32 heavy (non-hydrogen) atoms. The number of hydrogen-bond acceptors (Lipinski definition) is 5. The number of carbonyl (C=O) groups is 1. The predicted octanol–water partition coefficient (Wildman–Crippen LogP) is 4.58. The van der Waals surface area contributed by atoms with Crippen LogP contribution in [0, 0.1) is 6.92 Å². The van der Waals surface area contributed by atoms with E-state index in [-0.39, 0.29) is 12.1 Å². The van der Waals surface area contributed by atoms with Crippen LogP contribution in [-0.2, 0) is 7.05 Å². The Morgan fingerprint density at radius 2 is 2.06 bits per heavy atom. The molecule has 4 heterocycles. The number of aryl methyl sites for hydroxylation is 2. The molecule has 8 nitrogen and oxygen atoms in total. The molecule has 3 aromatic heterocycles. The van der Waals surface area contributed by atoms with Gasteiger partial charge >= 0.3 is 6.03 Å². The molecule has 5 rings (SSSR count). The highest BCUT2D eigenvalue weighted by Gasteiger charge is 2.28. The highest BCUT2D eigenvalue weighted by atomic mass is 16.2. The van der Waals surface area contributed by atoms with Gasteiger partial charge in [-0.05, 0) is 62.7 Å². The van der Waals surface area contributed by atoms with Crippen molar-refractivity contribution in [3.8, 4) is 11.3 Å². The lowest BCUT2D eigenvalue weighted by atomic mass is 10.1. The van der Waals surface area contributed by atoms with Gasteiger partial charge in [-0.15, -0.1) is 0 Å². The zero-order valence-corrected chi connectivity index (χ0v) is 18.3. The first-order chi connectivity index (χ1) is 15.5. The van der Waals surface area contributed by atoms with E-state index in [1.165, 1.54) is 0 Å². The Bertz CT molecular complexity index is 1310. The van der Waals surface area contributed by atoms with Gasteiger partial charge < -0.3 is 10.6 Å². The Morgan fingerprint density at radius 1 is 1.19 bits per heavy atom. The molecule has 0 saturated carbocycles. The van der Waals surface area contributed by atoms with E-state index in [0.717, 1.165) is 52.2 Å². The zero-order valence-electron chi connectivity index (χ0n) is 18.3. The second-order valence-electron chi connectivity index (χ2n) is 8.16. The summed E-state index contributed by atoms with van der Waals surface area (Å²) in [6.45, 7) is 4.77. The maximum atomic E-state index is 13.5. The van der Waals surface area contributed by atoms with Gasteiger partial charge in [-0.2, -0.15) is 5.10 Å². The van der Waals surface area contributed by atoms with Crippen LogP contribution >= 0.6 is 0 Å². The molecule has 0 spiro atoms. The lowest BCUT2D eigenvalue weighted by Crippen LogP contribution is -2.42. The SMILES string of the molecule is Cc1cc(-c2ccc3c(n2)N(C(=O)Nc2ccc4c(cnn4C)c2)[C@H](C)CCN3)ccn1. The van der Waals surface area contributed by atoms with Crippen molar-refractivity contribution in [2.24, 2.45) is 7.05 Å². The Balaban J connectivity index is 1.50. The maximum absolute atomic E-state index is 13.5. The van der Waals surface area contributed by atoms with Gasteiger partial charge in [-0.25, -0.2) is 9.78 Å². The van der Waals surface area contributed by atoms with Gasteiger partial charge in [0.2, 0.25) is 0 Å². The Hall–Kier alpha value is -3.94. The minimum Gasteiger partial charge on any atom is -0.382 e. The van der Waals surface area contributed by atoms with E-state index >= 15 is 0 Å². The average Bonchev–Trinajstić information content (AvgIpc) is 3.05. The first kappa shape index (κ1) is 20.0. The smallest absolute Gasteiger partial charge is 0.327 e. The number of anilines is 3. The summed E-state index contributed by atoms with van der Waals surface area (Å²) in [4.78, 5) is 24.4. The number of nitrogens with zero attached hydrogens (tertiary/aromatic N) is 5. The van der Waals surface area contributed by atoms with Gasteiger partial charge in [0.05, 0.1) is 23.1 Å². The molecule has 2 N–H and O–H groups in total. The van der Waals surface area contributed by atoms with Crippen molar-refractivity contribution in [3.05, 3.63) is 60.6 Å². The number of aromatic nitrogens is 4. The number of rotatable bonds is 2. The number of urea groups is 1. The Labute approximate surface area is 186 Å². The Kier molecular flexibility index (Phi) is 4.97. The van der Waals surface area contributed by atoms with Crippen LogP contribution in [0.2, 0.25) is 0 Å². The second-order valence-corrected chi connectivity index (χ2v) is 8.16. The molecule has 1 aromatic carbocycles. The van der Waals surface area contributed by atoms with Gasteiger partial charge in [-0.1, -0.05) is 0 Å². The van der Waals surface area contributed by atoms with Crippen LogP contribution in [0.15, 0.2) is 54.9 Å². The topological polar surface area (TPSA) is 88.0 Å². The Morgan fingerprint density at radius 3 is 2.91 bits per heavy atom. The van der Waals surface area contributed by atoms with Crippen LogP contribution in [0.25, 0.3) is 22.2 Å². The van der Waals surface area contributed by atoms with Crippen LogP contribution in [0.4, 0.5) is 22.0 Å². The highest BCUT2D eigenvalue weighted by molar-refractivity contribution is 6.04. The number of pyridine rings is 2. The monoisotopic (exact) mass is 427 g/mol. The quantitative estimate of drug-likeness (QED) is 0.489. The van der Waals surface area contributed by atoms with Crippen LogP contribution in [0.3, 0.4) is 0 Å². The molecule has 4 aromatic rings. The van der Waals surface area contributed by atoms with Gasteiger partial charge in [-0.3, -0.25) is 14.6 Å². The van der Waals surface area contributed by atoms with Crippen molar-refractivity contribution in [1.82, 2.24) is 19.7 Å². The average molecular weight is 428 g/mol. The van der Waals surface area contributed by atoms with E-state index < -0.39 is 0 Å². The summed E-state index contributed by atoms with van der Waals surface area (Å²) in [6.07, 6.45) is 4.39. The number of nitrogens with one attached hydrogen (secondary N) is 2. The summed E-state index contributed by atoms with van der Waals surface area (Å²) in [5.41, 5.74) is 5.29. The van der Waals surface area contributed by atoms with E-state index in [4.69, 9.17) is 4.98 Å². The predicted molar refractivity (Wildman–Crippen MR) is 127 cm³/mol. The maximum Gasteiger partial charge on any atom is 0.327 e. The van der Waals surface area contributed by atoms with E-state index in [1.807, 2.05) is 68.0 Å². The number of fused-ring (bicyclic) bond motifs is 2. The minimum atomic E-state index is -0.207. The van der Waals surface area contributed by atoms with Crippen molar-refractivity contribution in [2.45, 2.75) is 26.3 Å². The first-order valence-electron chi connectivity index (χ1n) is 10.7. The van der Waals surface area contributed by atoms with Crippen molar-refractivity contribution in [2.75, 3.05) is 22.1 Å². The number of benzene rings is 1. The van der Waals surface area contributed by atoms with Crippen molar-refractivity contribution < 1.29 is 4.79 Å². The molecule has 0 aliphatic carbocycles. The summed E-state index contributed by atoms with van der Waals surface area (Å²) in [5, 5.41) is 11.7. The summed E-state index contributed by atoms with van der Waals surface area (Å²) in [5.74, 6) is 0.627. The third kappa shape index (κ3) is 3.64. The number of hydrogen-bond donors (Lipinski definition) is 2. The summed E-state index contributed by atoms with van der Waals surface area (Å²) in [6, 6.07) is 13.5. The van der Waals surface area contributed by atoms with Crippen LogP contribution in [-0.4, -0.2) is 38.4 Å². The molecular weight excluding hydrogens is 402 g/mol. The van der Waals surface area contributed by atoms with Crippen molar-refractivity contribution in [1.29, 1.82) is 0 Å². The van der Waals surface area contributed by atoms with Crippen LogP contribution < -0.4 is 15.5 Å². The number of amides is 2. The fourth-order valence-corrected chi connectivity index (χ4v) is 4.11. The molecule has 1 aliphatic heterocycles. The van der Waals surface area contributed by atoms with Gasteiger partial charge in [0.1, 0.15) is 0 Å². The largest absolute Gasteiger partial charge is 0.382 e. The molecule has 0 fully saturated rings. The lowest BCUT2D eigenvalue weighted by molar-refractivity contribution is 0.255. The van der Waals surface area contributed by atoms with Crippen molar-refractivity contribution in [3.63, 3.8) is 0 Å². The van der Waals surface area contributed by atoms with Gasteiger partial charge in [0.25, 0.3) is 0 Å². The van der Waals surface area contributed by atoms with Gasteiger partial charge in [0, 0.05) is 48.2 Å². The van der Waals surface area contributed by atoms with Crippen LogP contribution in [0.5, 0.6) is 0 Å². The molecule has 1 aliphatic rings. The standard InChI is InChI=1S/C24H25N7O/c1-15-12-17(9-11-25-15)20-5-6-21-23(29-20)31(16(2)8-10-26-21)24(32)28-19-4-7-22-18(13-19)14-27-30(22)3/h4-7,9,11-14,16,26H,8,10H2,1-3H3,(H,28,32)/t16-/m1/s1. The van der Waals surface area contributed by atoms with E-state index in [2.05, 4.69) is 20.7 Å². The first-order valence-corrected chi connectivity index (χ1v) is 10.7. The third-order valence-corrected chi connectivity index (χ3v) is 5.83. The molecule has 0 saturated heterocycles. The van der Waals surface area contributed by atoms with Crippen molar-refractivity contribution >= 4 is 34.1 Å². The second kappa shape index (κ2) is 7.96. The molecule has 2 amide bonds. The summed E-state index contributed by atoms with van der Waals surface area (Å²) < 4.78 is 1.81. The lowest BCUT2D eigenvalue weighted by Gasteiger charge is -2.27. The highest BCUT2D eigenvalue weighted by Crippen LogP contribution is 2.33. The fourth-order valence-electron chi connectivity index (χ4n) is 4.11. The van der Waals surface area contributed by atoms with E-state index in [0.29, 0.717) is 5.82 Å². The molecule has 0 radical (unpaired) electrons. The van der Waals surface area contributed by atoms with Crippen LogP contribution in [0.1, 0.15) is 19.0 Å². The van der Waals surface area contributed by atoms with E-state index in [9.17, 15) is 4.79 Å². The molecule has 0 unspecified atom stereocenters. The summed E-state index contributed by atoms with van der Waals surface area (Å²) >= 11 is 0. The molecule has 0 bridgehead atoms. The minimum absolute atomic E-state index is 0.0206. The molecule has 8 heteroatoms. The molecule has 1 atom stereocenters. The summed E-state index contributed by atoms with van der Waals surface area (Å²) in [7, 11) is 1.90. The van der Waals surface area contributed by atoms with Gasteiger partial charge in [0.15, 0.2) is 5.82 Å². The third-order valence-electron chi connectivity index (χ3n) is 5.83. The molecule has 162 valence electrons. The molecular formula is C24H25N7O.